The fourth-order valence-electron chi connectivity index (χ4n) is 1.48. The predicted molar refractivity (Wildman–Crippen MR) is 74.0 cm³/mol. The molecule has 0 spiro atoms. The molecule has 0 saturated heterocycles. The number of anilines is 1. The molecule has 1 heterocycles. The minimum atomic E-state index is -0.227. The van der Waals surface area contributed by atoms with Gasteiger partial charge in [-0.15, -0.1) is 0 Å². The van der Waals surface area contributed by atoms with Crippen molar-refractivity contribution in [3.05, 3.63) is 36.0 Å². The predicted octanol–water partition coefficient (Wildman–Crippen LogP) is 2.48. The molecule has 0 bridgehead atoms. The van der Waals surface area contributed by atoms with Gasteiger partial charge in [-0.25, -0.2) is 0 Å². The standard InChI is InChI=1S/C13H14N2O3S/c1-9-7-13(19-15-9)14-12(16)8-18-11-6-4-3-5-10(11)17-2/h3-7H,8H2,1-2H3,(H,14,16). The normalized spacial score (nSPS) is 10.0. The SMILES string of the molecule is COc1ccccc1OCC(=O)Nc1cc(C)ns1. The molecule has 19 heavy (non-hydrogen) atoms. The largest absolute Gasteiger partial charge is 0.493 e. The van der Waals surface area contributed by atoms with Crippen molar-refractivity contribution in [2.45, 2.75) is 6.92 Å². The summed E-state index contributed by atoms with van der Waals surface area (Å²) in [6, 6.07) is 9.00. The molecule has 0 saturated carbocycles. The molecular weight excluding hydrogens is 264 g/mol. The van der Waals surface area contributed by atoms with Crippen molar-refractivity contribution in [3.63, 3.8) is 0 Å². The van der Waals surface area contributed by atoms with Crippen molar-refractivity contribution in [2.24, 2.45) is 0 Å². The molecule has 0 atom stereocenters. The highest BCUT2D eigenvalue weighted by Crippen LogP contribution is 2.25. The van der Waals surface area contributed by atoms with E-state index >= 15 is 0 Å². The van der Waals surface area contributed by atoms with Gasteiger partial charge in [0.1, 0.15) is 5.00 Å². The average Bonchev–Trinajstić information content (AvgIpc) is 2.82. The van der Waals surface area contributed by atoms with Crippen molar-refractivity contribution in [3.8, 4) is 11.5 Å². The van der Waals surface area contributed by atoms with Gasteiger partial charge in [0.2, 0.25) is 0 Å². The van der Waals surface area contributed by atoms with Crippen LogP contribution in [-0.2, 0) is 4.79 Å². The third-order valence-corrected chi connectivity index (χ3v) is 3.11. The Bertz CT molecular complexity index is 569. The van der Waals surface area contributed by atoms with Crippen LogP contribution in [0, 0.1) is 6.92 Å². The molecule has 1 aromatic heterocycles. The minimum absolute atomic E-state index is 0.0721. The number of aryl methyl sites for hydroxylation is 1. The van der Waals surface area contributed by atoms with E-state index in [2.05, 4.69) is 9.69 Å². The number of benzene rings is 1. The van der Waals surface area contributed by atoms with Crippen molar-refractivity contribution < 1.29 is 14.3 Å². The fourth-order valence-corrected chi connectivity index (χ4v) is 2.16. The molecular formula is C13H14N2O3S. The van der Waals surface area contributed by atoms with Gasteiger partial charge in [-0.05, 0) is 36.7 Å². The lowest BCUT2D eigenvalue weighted by molar-refractivity contribution is -0.118. The summed E-state index contributed by atoms with van der Waals surface area (Å²) in [5, 5.41) is 3.44. The first-order valence-corrected chi connectivity index (χ1v) is 6.45. The number of nitrogens with zero attached hydrogens (tertiary/aromatic N) is 1. The van der Waals surface area contributed by atoms with E-state index in [1.807, 2.05) is 25.1 Å². The maximum atomic E-state index is 11.7. The number of para-hydroxylation sites is 2. The number of methoxy groups -OCH3 is 1. The number of amides is 1. The van der Waals surface area contributed by atoms with Crippen molar-refractivity contribution in [2.75, 3.05) is 19.0 Å². The summed E-state index contributed by atoms with van der Waals surface area (Å²) >= 11 is 1.25. The highest BCUT2D eigenvalue weighted by molar-refractivity contribution is 7.10. The summed E-state index contributed by atoms with van der Waals surface area (Å²) in [4.78, 5) is 11.7. The van der Waals surface area contributed by atoms with Gasteiger partial charge in [0.25, 0.3) is 5.91 Å². The van der Waals surface area contributed by atoms with Gasteiger partial charge < -0.3 is 14.8 Å². The van der Waals surface area contributed by atoms with E-state index in [0.717, 1.165) is 5.69 Å². The number of carbonyl (C=O) groups is 1. The van der Waals surface area contributed by atoms with Crippen LogP contribution in [-0.4, -0.2) is 24.0 Å². The van der Waals surface area contributed by atoms with Gasteiger partial charge in [0, 0.05) is 0 Å². The van der Waals surface area contributed by atoms with Crippen molar-refractivity contribution in [1.82, 2.24) is 4.37 Å². The summed E-state index contributed by atoms with van der Waals surface area (Å²) in [5.74, 6) is 0.916. The van der Waals surface area contributed by atoms with Crippen LogP contribution in [0.15, 0.2) is 30.3 Å². The van der Waals surface area contributed by atoms with Crippen LogP contribution in [0.1, 0.15) is 5.69 Å². The molecule has 0 aliphatic carbocycles. The van der Waals surface area contributed by atoms with E-state index in [1.165, 1.54) is 11.5 Å². The Morgan fingerprint density at radius 1 is 1.37 bits per heavy atom. The Labute approximate surface area is 115 Å². The molecule has 2 aromatic rings. The zero-order valence-electron chi connectivity index (χ0n) is 10.7. The molecule has 1 aromatic carbocycles. The van der Waals surface area contributed by atoms with Gasteiger partial charge in [-0.2, -0.15) is 4.37 Å². The molecule has 2 rings (SSSR count). The van der Waals surface area contributed by atoms with Gasteiger partial charge in [0.05, 0.1) is 12.8 Å². The quantitative estimate of drug-likeness (QED) is 0.912. The molecule has 0 unspecified atom stereocenters. The number of hydrogen-bond acceptors (Lipinski definition) is 5. The summed E-state index contributed by atoms with van der Waals surface area (Å²) in [7, 11) is 1.56. The van der Waals surface area contributed by atoms with Crippen LogP contribution in [0.3, 0.4) is 0 Å². The van der Waals surface area contributed by atoms with Gasteiger partial charge in [-0.3, -0.25) is 4.79 Å². The highest BCUT2D eigenvalue weighted by atomic mass is 32.1. The first-order valence-electron chi connectivity index (χ1n) is 5.68. The second-order valence-electron chi connectivity index (χ2n) is 3.82. The molecule has 0 aliphatic rings. The summed E-state index contributed by atoms with van der Waals surface area (Å²) in [6.07, 6.45) is 0. The average molecular weight is 278 g/mol. The molecule has 0 aliphatic heterocycles. The van der Waals surface area contributed by atoms with E-state index in [4.69, 9.17) is 9.47 Å². The maximum absolute atomic E-state index is 11.7. The maximum Gasteiger partial charge on any atom is 0.262 e. The number of hydrogen-bond donors (Lipinski definition) is 1. The number of aromatic nitrogens is 1. The molecule has 6 heteroatoms. The van der Waals surface area contributed by atoms with Crippen LogP contribution >= 0.6 is 11.5 Å². The number of carbonyl (C=O) groups excluding carboxylic acids is 1. The zero-order valence-corrected chi connectivity index (χ0v) is 11.5. The van der Waals surface area contributed by atoms with E-state index in [0.29, 0.717) is 16.5 Å². The fraction of sp³-hybridized carbons (Fsp3) is 0.231. The Morgan fingerprint density at radius 2 is 2.11 bits per heavy atom. The Hall–Kier alpha value is -2.08. The van der Waals surface area contributed by atoms with E-state index < -0.39 is 0 Å². The first-order chi connectivity index (χ1) is 9.19. The summed E-state index contributed by atoms with van der Waals surface area (Å²) < 4.78 is 14.6. The zero-order chi connectivity index (χ0) is 13.7. The molecule has 100 valence electrons. The lowest BCUT2D eigenvalue weighted by Crippen LogP contribution is -2.19. The number of ether oxygens (including phenoxy) is 2. The second-order valence-corrected chi connectivity index (χ2v) is 4.63. The van der Waals surface area contributed by atoms with Crippen LogP contribution in [0.25, 0.3) is 0 Å². The van der Waals surface area contributed by atoms with Gasteiger partial charge in [0.15, 0.2) is 18.1 Å². The third-order valence-electron chi connectivity index (χ3n) is 2.32. The van der Waals surface area contributed by atoms with Crippen LogP contribution in [0.5, 0.6) is 11.5 Å². The first kappa shape index (κ1) is 13.4. The van der Waals surface area contributed by atoms with Crippen molar-refractivity contribution >= 4 is 22.4 Å². The Kier molecular flexibility index (Phi) is 4.35. The second kappa shape index (κ2) is 6.19. The van der Waals surface area contributed by atoms with Gasteiger partial charge >= 0.3 is 0 Å². The Morgan fingerprint density at radius 3 is 2.74 bits per heavy atom. The molecule has 5 nitrogen and oxygen atoms in total. The van der Waals surface area contributed by atoms with E-state index in [9.17, 15) is 4.79 Å². The molecule has 0 radical (unpaired) electrons. The summed E-state index contributed by atoms with van der Waals surface area (Å²) in [5.41, 5.74) is 0.881. The van der Waals surface area contributed by atoms with Crippen LogP contribution in [0.4, 0.5) is 5.00 Å². The number of rotatable bonds is 5. The number of nitrogens with one attached hydrogen (secondary N) is 1. The highest BCUT2D eigenvalue weighted by Gasteiger charge is 2.08. The lowest BCUT2D eigenvalue weighted by atomic mass is 10.3. The van der Waals surface area contributed by atoms with E-state index in [-0.39, 0.29) is 12.5 Å². The Balaban J connectivity index is 1.89. The topological polar surface area (TPSA) is 60.5 Å². The van der Waals surface area contributed by atoms with Crippen LogP contribution in [0.2, 0.25) is 0 Å². The minimum Gasteiger partial charge on any atom is -0.493 e. The van der Waals surface area contributed by atoms with Crippen molar-refractivity contribution in [1.29, 1.82) is 0 Å². The van der Waals surface area contributed by atoms with Gasteiger partial charge in [-0.1, -0.05) is 12.1 Å². The van der Waals surface area contributed by atoms with Crippen LogP contribution < -0.4 is 14.8 Å². The smallest absolute Gasteiger partial charge is 0.262 e. The van der Waals surface area contributed by atoms with E-state index in [1.54, 1.807) is 19.2 Å². The lowest BCUT2D eigenvalue weighted by Gasteiger charge is -2.09. The molecule has 1 amide bonds. The molecule has 1 N–H and O–H groups in total. The monoisotopic (exact) mass is 278 g/mol. The summed E-state index contributed by atoms with van der Waals surface area (Å²) in [6.45, 7) is 1.80. The molecule has 0 fully saturated rings. The third kappa shape index (κ3) is 3.69.